The molecule has 2 aromatic carbocycles. The molecular formula is C21H14ClF2N3O. The van der Waals surface area contributed by atoms with Crippen molar-refractivity contribution in [3.63, 3.8) is 0 Å². The second-order valence-electron chi connectivity index (χ2n) is 5.93. The first-order valence-electron chi connectivity index (χ1n) is 8.14. The Kier molecular flexibility index (Phi) is 5.57. The number of halogens is 3. The number of amides is 1. The molecule has 0 spiro atoms. The average Bonchev–Trinajstić information content (AvgIpc) is 2.67. The zero-order chi connectivity index (χ0) is 20.3. The second-order valence-corrected chi connectivity index (χ2v) is 6.33. The second kappa shape index (κ2) is 8.07. The van der Waals surface area contributed by atoms with Gasteiger partial charge in [0.2, 0.25) is 0 Å². The number of nitrogens with one attached hydrogen (secondary N) is 1. The number of aromatic nitrogens is 1. The summed E-state index contributed by atoms with van der Waals surface area (Å²) in [5.41, 5.74) is 7.35. The van der Waals surface area contributed by atoms with Crippen molar-refractivity contribution in [3.8, 4) is 11.8 Å². The van der Waals surface area contributed by atoms with Crippen molar-refractivity contribution < 1.29 is 13.6 Å². The van der Waals surface area contributed by atoms with E-state index in [9.17, 15) is 13.6 Å². The van der Waals surface area contributed by atoms with Crippen LogP contribution < -0.4 is 11.1 Å². The van der Waals surface area contributed by atoms with E-state index >= 15 is 0 Å². The number of benzene rings is 2. The monoisotopic (exact) mass is 397 g/mol. The van der Waals surface area contributed by atoms with Crippen LogP contribution in [0.4, 0.5) is 20.3 Å². The van der Waals surface area contributed by atoms with Crippen LogP contribution in [0.2, 0.25) is 5.02 Å². The molecule has 3 rings (SSSR count). The van der Waals surface area contributed by atoms with Gasteiger partial charge >= 0.3 is 0 Å². The fraction of sp³-hybridized carbons (Fsp3) is 0.0476. The summed E-state index contributed by atoms with van der Waals surface area (Å²) < 4.78 is 27.5. The lowest BCUT2D eigenvalue weighted by molar-refractivity contribution is 0.102. The maximum Gasteiger partial charge on any atom is 0.255 e. The normalized spacial score (nSPS) is 10.1. The van der Waals surface area contributed by atoms with E-state index in [0.29, 0.717) is 11.1 Å². The van der Waals surface area contributed by atoms with Crippen LogP contribution in [0.25, 0.3) is 0 Å². The molecule has 140 valence electrons. The van der Waals surface area contributed by atoms with E-state index in [2.05, 4.69) is 22.1 Å². The minimum Gasteiger partial charge on any atom is -0.381 e. The van der Waals surface area contributed by atoms with Gasteiger partial charge in [-0.3, -0.25) is 4.79 Å². The third-order valence-corrected chi connectivity index (χ3v) is 4.20. The molecule has 0 saturated carbocycles. The number of carbonyl (C=O) groups is 1. The molecule has 0 bridgehead atoms. The van der Waals surface area contributed by atoms with Crippen LogP contribution in [-0.4, -0.2) is 10.9 Å². The van der Waals surface area contributed by atoms with Crippen molar-refractivity contribution in [1.29, 1.82) is 0 Å². The van der Waals surface area contributed by atoms with E-state index in [1.165, 1.54) is 30.5 Å². The Labute approximate surface area is 165 Å². The number of hydrogen-bond donors (Lipinski definition) is 2. The predicted octanol–water partition coefficient (Wildman–Crippen LogP) is 4.56. The van der Waals surface area contributed by atoms with Crippen molar-refractivity contribution in [1.82, 2.24) is 4.98 Å². The molecule has 1 amide bonds. The van der Waals surface area contributed by atoms with Gasteiger partial charge in [0, 0.05) is 22.9 Å². The first kappa shape index (κ1) is 19.3. The van der Waals surface area contributed by atoms with Gasteiger partial charge in [0.15, 0.2) is 17.5 Å². The van der Waals surface area contributed by atoms with Crippen LogP contribution in [0, 0.1) is 30.4 Å². The molecule has 0 aliphatic carbocycles. The Morgan fingerprint density at radius 3 is 2.71 bits per heavy atom. The SMILES string of the molecule is Cc1ccc(C(=O)Nc2cccc(Cl)c2F)cc1C#Cc1cnc(N)c(F)c1. The van der Waals surface area contributed by atoms with Gasteiger partial charge in [0.1, 0.15) is 0 Å². The van der Waals surface area contributed by atoms with Gasteiger partial charge < -0.3 is 11.1 Å². The summed E-state index contributed by atoms with van der Waals surface area (Å²) in [6.07, 6.45) is 1.36. The van der Waals surface area contributed by atoms with E-state index in [-0.39, 0.29) is 22.1 Å². The van der Waals surface area contributed by atoms with Gasteiger partial charge in [-0.2, -0.15) is 0 Å². The topological polar surface area (TPSA) is 68.0 Å². The van der Waals surface area contributed by atoms with E-state index in [1.807, 2.05) is 6.92 Å². The molecule has 0 aliphatic rings. The number of pyridine rings is 1. The quantitative estimate of drug-likeness (QED) is 0.623. The van der Waals surface area contributed by atoms with Gasteiger partial charge in [0.25, 0.3) is 5.91 Å². The fourth-order valence-corrected chi connectivity index (χ4v) is 2.52. The number of anilines is 2. The third kappa shape index (κ3) is 4.27. The van der Waals surface area contributed by atoms with Gasteiger partial charge in [0.05, 0.1) is 10.7 Å². The number of aryl methyl sites for hydroxylation is 1. The van der Waals surface area contributed by atoms with Crippen LogP contribution >= 0.6 is 11.6 Å². The van der Waals surface area contributed by atoms with Crippen molar-refractivity contribution in [3.05, 3.63) is 87.6 Å². The van der Waals surface area contributed by atoms with Crippen molar-refractivity contribution >= 4 is 29.0 Å². The minimum absolute atomic E-state index is 0.0193. The summed E-state index contributed by atoms with van der Waals surface area (Å²) in [5, 5.41) is 2.40. The molecule has 0 saturated heterocycles. The summed E-state index contributed by atoms with van der Waals surface area (Å²) >= 11 is 5.73. The van der Waals surface area contributed by atoms with Crippen LogP contribution in [0.1, 0.15) is 27.0 Å². The molecule has 0 unspecified atom stereocenters. The zero-order valence-corrected chi connectivity index (χ0v) is 15.4. The number of nitrogens with two attached hydrogens (primary N) is 1. The number of carbonyl (C=O) groups excluding carboxylic acids is 1. The molecule has 0 aliphatic heterocycles. The van der Waals surface area contributed by atoms with E-state index in [1.54, 1.807) is 18.2 Å². The molecule has 1 heterocycles. The first-order valence-corrected chi connectivity index (χ1v) is 8.52. The molecule has 7 heteroatoms. The molecule has 4 nitrogen and oxygen atoms in total. The largest absolute Gasteiger partial charge is 0.381 e. The Morgan fingerprint density at radius 2 is 1.96 bits per heavy atom. The van der Waals surface area contributed by atoms with Crippen molar-refractivity contribution in [2.45, 2.75) is 6.92 Å². The standard InChI is InChI=1S/C21H14ClF2N3O/c1-12-5-7-15(21(28)27-18-4-2-3-16(22)19(18)24)10-14(12)8-6-13-9-17(23)20(25)26-11-13/h2-5,7,9-11H,1H3,(H2,25,26)(H,27,28). The van der Waals surface area contributed by atoms with Gasteiger partial charge in [-0.1, -0.05) is 35.6 Å². The lowest BCUT2D eigenvalue weighted by atomic mass is 10.0. The molecule has 3 N–H and O–H groups in total. The van der Waals surface area contributed by atoms with Crippen LogP contribution in [-0.2, 0) is 0 Å². The Bertz CT molecular complexity index is 1140. The Balaban J connectivity index is 1.87. The molecule has 0 fully saturated rings. The highest BCUT2D eigenvalue weighted by Crippen LogP contribution is 2.23. The smallest absolute Gasteiger partial charge is 0.255 e. The summed E-state index contributed by atoms with van der Waals surface area (Å²) in [5.74, 6) is 3.60. The van der Waals surface area contributed by atoms with E-state index < -0.39 is 17.5 Å². The molecule has 1 aromatic heterocycles. The Hall–Kier alpha value is -3.43. The summed E-state index contributed by atoms with van der Waals surface area (Å²) in [4.78, 5) is 16.2. The number of rotatable bonds is 2. The molecule has 0 radical (unpaired) electrons. The molecule has 0 atom stereocenters. The first-order chi connectivity index (χ1) is 13.3. The summed E-state index contributed by atoms with van der Waals surface area (Å²) in [6, 6.07) is 10.4. The van der Waals surface area contributed by atoms with Crippen LogP contribution in [0.15, 0.2) is 48.7 Å². The minimum atomic E-state index is -0.706. The lowest BCUT2D eigenvalue weighted by Crippen LogP contribution is -2.13. The molecular weight excluding hydrogens is 384 g/mol. The van der Waals surface area contributed by atoms with Gasteiger partial charge in [-0.05, 0) is 42.8 Å². The predicted molar refractivity (Wildman–Crippen MR) is 105 cm³/mol. The number of nitrogen functional groups attached to an aromatic ring is 1. The van der Waals surface area contributed by atoms with Crippen LogP contribution in [0.3, 0.4) is 0 Å². The maximum atomic E-state index is 14.0. The van der Waals surface area contributed by atoms with Crippen LogP contribution in [0.5, 0.6) is 0 Å². The van der Waals surface area contributed by atoms with Gasteiger partial charge in [-0.15, -0.1) is 0 Å². The fourth-order valence-electron chi connectivity index (χ4n) is 2.35. The summed E-state index contributed by atoms with van der Waals surface area (Å²) in [7, 11) is 0. The number of nitrogens with zero attached hydrogens (tertiary/aromatic N) is 1. The van der Waals surface area contributed by atoms with Gasteiger partial charge in [-0.25, -0.2) is 13.8 Å². The highest BCUT2D eigenvalue weighted by Gasteiger charge is 2.12. The van der Waals surface area contributed by atoms with E-state index in [4.69, 9.17) is 17.3 Å². The van der Waals surface area contributed by atoms with Crippen molar-refractivity contribution in [2.75, 3.05) is 11.1 Å². The van der Waals surface area contributed by atoms with Crippen molar-refractivity contribution in [2.24, 2.45) is 0 Å². The highest BCUT2D eigenvalue weighted by molar-refractivity contribution is 6.31. The molecule has 3 aromatic rings. The number of hydrogen-bond acceptors (Lipinski definition) is 3. The molecule has 28 heavy (non-hydrogen) atoms. The maximum absolute atomic E-state index is 14.0. The Morgan fingerprint density at radius 1 is 1.18 bits per heavy atom. The average molecular weight is 398 g/mol. The third-order valence-electron chi connectivity index (χ3n) is 3.91. The van der Waals surface area contributed by atoms with E-state index in [0.717, 1.165) is 5.56 Å². The zero-order valence-electron chi connectivity index (χ0n) is 14.7. The lowest BCUT2D eigenvalue weighted by Gasteiger charge is -2.08. The summed E-state index contributed by atoms with van der Waals surface area (Å²) in [6.45, 7) is 1.82. The highest BCUT2D eigenvalue weighted by atomic mass is 35.5.